The van der Waals surface area contributed by atoms with Crippen LogP contribution >= 0.6 is 23.2 Å². The minimum Gasteiger partial charge on any atom is -0.363 e. The second-order valence-electron chi connectivity index (χ2n) is 3.10. The van der Waals surface area contributed by atoms with Crippen molar-refractivity contribution in [2.24, 2.45) is 7.05 Å². The fourth-order valence-corrected chi connectivity index (χ4v) is 1.42. The normalized spacial score (nSPS) is 10.4. The average molecular weight is 259 g/mol. The van der Waals surface area contributed by atoms with Crippen LogP contribution in [0.4, 0.5) is 5.82 Å². The highest BCUT2D eigenvalue weighted by molar-refractivity contribution is 6.32. The van der Waals surface area contributed by atoms with E-state index in [-0.39, 0.29) is 10.4 Å². The predicted octanol–water partition coefficient (Wildman–Crippen LogP) is 1.52. The molecule has 6 nitrogen and oxygen atoms in total. The maximum absolute atomic E-state index is 5.79. The lowest BCUT2D eigenvalue weighted by Crippen LogP contribution is -2.03. The molecular formula is C8H8Cl2N6. The van der Waals surface area contributed by atoms with Crippen molar-refractivity contribution < 1.29 is 0 Å². The van der Waals surface area contributed by atoms with Gasteiger partial charge in [0.25, 0.3) is 0 Å². The topological polar surface area (TPSA) is 68.5 Å². The molecule has 0 unspecified atom stereocenters. The highest BCUT2D eigenvalue weighted by Gasteiger charge is 2.05. The van der Waals surface area contributed by atoms with E-state index in [1.807, 2.05) is 13.2 Å². The first-order valence-electron chi connectivity index (χ1n) is 4.42. The van der Waals surface area contributed by atoms with E-state index in [1.54, 1.807) is 10.9 Å². The zero-order valence-electron chi connectivity index (χ0n) is 8.35. The van der Waals surface area contributed by atoms with E-state index < -0.39 is 0 Å². The lowest BCUT2D eigenvalue weighted by atomic mass is 10.3. The maximum atomic E-state index is 5.79. The van der Waals surface area contributed by atoms with Gasteiger partial charge in [0.1, 0.15) is 0 Å². The minimum absolute atomic E-state index is 0.0538. The molecule has 0 radical (unpaired) electrons. The van der Waals surface area contributed by atoms with E-state index in [9.17, 15) is 0 Å². The molecule has 0 fully saturated rings. The Morgan fingerprint density at radius 1 is 1.38 bits per heavy atom. The van der Waals surface area contributed by atoms with Crippen molar-refractivity contribution in [3.05, 3.63) is 28.4 Å². The zero-order chi connectivity index (χ0) is 11.5. The van der Waals surface area contributed by atoms with Crippen molar-refractivity contribution in [1.29, 1.82) is 0 Å². The van der Waals surface area contributed by atoms with Crippen LogP contribution < -0.4 is 5.32 Å². The predicted molar refractivity (Wildman–Crippen MR) is 60.4 cm³/mol. The van der Waals surface area contributed by atoms with Gasteiger partial charge in [-0.25, -0.2) is 0 Å². The molecule has 0 aliphatic rings. The van der Waals surface area contributed by atoms with E-state index in [0.717, 1.165) is 5.56 Å². The van der Waals surface area contributed by atoms with Gasteiger partial charge in [0.05, 0.1) is 6.20 Å². The molecule has 0 aromatic carbocycles. The van der Waals surface area contributed by atoms with E-state index in [2.05, 4.69) is 25.6 Å². The van der Waals surface area contributed by atoms with Crippen molar-refractivity contribution in [1.82, 2.24) is 25.0 Å². The summed E-state index contributed by atoms with van der Waals surface area (Å²) in [4.78, 5) is 3.92. The van der Waals surface area contributed by atoms with Gasteiger partial charge in [0.15, 0.2) is 11.0 Å². The molecule has 2 aromatic heterocycles. The summed E-state index contributed by atoms with van der Waals surface area (Å²) < 4.78 is 1.71. The number of aromatic nitrogens is 5. The number of aryl methyl sites for hydroxylation is 1. The molecule has 0 saturated carbocycles. The first-order valence-corrected chi connectivity index (χ1v) is 5.18. The first-order chi connectivity index (χ1) is 7.65. The quantitative estimate of drug-likeness (QED) is 0.905. The number of anilines is 1. The SMILES string of the molecule is Cn1cc(CNc2nc(Cl)nnc2Cl)cn1. The smallest absolute Gasteiger partial charge is 0.245 e. The van der Waals surface area contributed by atoms with Crippen LogP contribution in [-0.2, 0) is 13.6 Å². The van der Waals surface area contributed by atoms with E-state index in [4.69, 9.17) is 23.2 Å². The molecule has 2 rings (SSSR count). The Balaban J connectivity index is 2.07. The van der Waals surface area contributed by atoms with Crippen LogP contribution in [-0.4, -0.2) is 25.0 Å². The molecule has 0 spiro atoms. The van der Waals surface area contributed by atoms with E-state index in [0.29, 0.717) is 12.4 Å². The van der Waals surface area contributed by atoms with Crippen LogP contribution in [0.15, 0.2) is 12.4 Å². The van der Waals surface area contributed by atoms with Crippen LogP contribution in [0.1, 0.15) is 5.56 Å². The van der Waals surface area contributed by atoms with Crippen LogP contribution in [0.3, 0.4) is 0 Å². The van der Waals surface area contributed by atoms with Gasteiger partial charge in [-0.1, -0.05) is 11.6 Å². The molecule has 8 heteroatoms. The first kappa shape index (κ1) is 11.1. The Bertz CT molecular complexity index is 497. The summed E-state index contributed by atoms with van der Waals surface area (Å²) in [6, 6.07) is 0. The van der Waals surface area contributed by atoms with Gasteiger partial charge in [-0.2, -0.15) is 10.1 Å². The molecule has 0 atom stereocenters. The average Bonchev–Trinajstić information content (AvgIpc) is 2.66. The minimum atomic E-state index is 0.0538. The third-order valence-electron chi connectivity index (χ3n) is 1.84. The van der Waals surface area contributed by atoms with Crippen molar-refractivity contribution >= 4 is 29.0 Å². The second-order valence-corrected chi connectivity index (χ2v) is 3.79. The summed E-state index contributed by atoms with van der Waals surface area (Å²) in [6.07, 6.45) is 3.63. The summed E-state index contributed by atoms with van der Waals surface area (Å²) in [5.74, 6) is 0.408. The highest BCUT2D eigenvalue weighted by atomic mass is 35.5. The van der Waals surface area contributed by atoms with Crippen molar-refractivity contribution in [3.63, 3.8) is 0 Å². The molecular weight excluding hydrogens is 251 g/mol. The number of hydrogen-bond acceptors (Lipinski definition) is 5. The molecule has 0 aliphatic carbocycles. The standard InChI is InChI=1S/C8H8Cl2N6/c1-16-4-5(3-12-16)2-11-7-6(9)14-15-8(10)13-7/h3-4H,2H2,1H3,(H,11,13,15). The Labute approximate surface area is 102 Å². The molecule has 0 saturated heterocycles. The van der Waals surface area contributed by atoms with Gasteiger partial charge in [0.2, 0.25) is 5.28 Å². The summed E-state index contributed by atoms with van der Waals surface area (Å²) in [7, 11) is 1.85. The second kappa shape index (κ2) is 4.63. The number of nitrogens with zero attached hydrogens (tertiary/aromatic N) is 5. The lowest BCUT2D eigenvalue weighted by molar-refractivity contribution is 0.767. The molecule has 0 bridgehead atoms. The fraction of sp³-hybridized carbons (Fsp3) is 0.250. The Morgan fingerprint density at radius 3 is 2.88 bits per heavy atom. The molecule has 2 aromatic rings. The van der Waals surface area contributed by atoms with Crippen molar-refractivity contribution in [3.8, 4) is 0 Å². The number of hydrogen-bond donors (Lipinski definition) is 1. The van der Waals surface area contributed by atoms with Gasteiger partial charge >= 0.3 is 0 Å². The third kappa shape index (κ3) is 2.59. The summed E-state index contributed by atoms with van der Waals surface area (Å²) in [5, 5.41) is 14.4. The van der Waals surface area contributed by atoms with E-state index >= 15 is 0 Å². The summed E-state index contributed by atoms with van der Waals surface area (Å²) >= 11 is 11.4. The zero-order valence-corrected chi connectivity index (χ0v) is 9.87. The number of nitrogens with one attached hydrogen (secondary N) is 1. The van der Waals surface area contributed by atoms with Crippen LogP contribution in [0.25, 0.3) is 0 Å². The molecule has 2 heterocycles. The largest absolute Gasteiger partial charge is 0.363 e. The van der Waals surface area contributed by atoms with Crippen LogP contribution in [0, 0.1) is 0 Å². The summed E-state index contributed by atoms with van der Waals surface area (Å²) in [6.45, 7) is 0.544. The van der Waals surface area contributed by atoms with Crippen molar-refractivity contribution in [2.75, 3.05) is 5.32 Å². The Hall–Kier alpha value is -1.40. The summed E-state index contributed by atoms with van der Waals surface area (Å²) in [5.41, 5.74) is 1.01. The Morgan fingerprint density at radius 2 is 2.19 bits per heavy atom. The molecule has 0 aliphatic heterocycles. The maximum Gasteiger partial charge on any atom is 0.245 e. The molecule has 16 heavy (non-hydrogen) atoms. The Kier molecular flexibility index (Phi) is 3.21. The van der Waals surface area contributed by atoms with E-state index in [1.165, 1.54) is 0 Å². The number of halogens is 2. The molecule has 0 amide bonds. The fourth-order valence-electron chi connectivity index (χ4n) is 1.15. The molecule has 84 valence electrons. The van der Waals surface area contributed by atoms with Gasteiger partial charge in [-0.15, -0.1) is 10.2 Å². The lowest BCUT2D eigenvalue weighted by Gasteiger charge is -2.04. The van der Waals surface area contributed by atoms with Crippen molar-refractivity contribution in [2.45, 2.75) is 6.54 Å². The number of rotatable bonds is 3. The molecule has 1 N–H and O–H groups in total. The third-order valence-corrected chi connectivity index (χ3v) is 2.25. The van der Waals surface area contributed by atoms with Gasteiger partial charge in [-0.3, -0.25) is 4.68 Å². The van der Waals surface area contributed by atoms with Gasteiger partial charge < -0.3 is 5.32 Å². The highest BCUT2D eigenvalue weighted by Crippen LogP contribution is 2.17. The van der Waals surface area contributed by atoms with Gasteiger partial charge in [-0.05, 0) is 11.6 Å². The van der Waals surface area contributed by atoms with Crippen LogP contribution in [0.5, 0.6) is 0 Å². The van der Waals surface area contributed by atoms with Crippen LogP contribution in [0.2, 0.25) is 10.4 Å². The monoisotopic (exact) mass is 258 g/mol. The van der Waals surface area contributed by atoms with Gasteiger partial charge in [0, 0.05) is 25.4 Å².